The Labute approximate surface area is 132 Å². The van der Waals surface area contributed by atoms with Crippen LogP contribution >= 0.6 is 0 Å². The summed E-state index contributed by atoms with van der Waals surface area (Å²) >= 11 is 0. The van der Waals surface area contributed by atoms with Gasteiger partial charge in [-0.05, 0) is 55.5 Å². The highest BCUT2D eigenvalue weighted by molar-refractivity contribution is 5.71. The fourth-order valence-corrected chi connectivity index (χ4v) is 2.70. The SMILES string of the molecule is CCOC(=O)C[C@@H](C)c1ccnc(-c2c(C)cccc2C)c1. The van der Waals surface area contributed by atoms with Gasteiger partial charge in [0.05, 0.1) is 18.7 Å². The molecule has 3 nitrogen and oxygen atoms in total. The second kappa shape index (κ2) is 7.21. The number of pyridine rings is 1. The normalized spacial score (nSPS) is 12.0. The van der Waals surface area contributed by atoms with Crippen LogP contribution in [0.3, 0.4) is 0 Å². The van der Waals surface area contributed by atoms with Crippen molar-refractivity contribution in [1.82, 2.24) is 4.98 Å². The van der Waals surface area contributed by atoms with E-state index in [9.17, 15) is 4.79 Å². The van der Waals surface area contributed by atoms with Crippen LogP contribution in [0, 0.1) is 13.8 Å². The molecule has 0 aliphatic rings. The Morgan fingerprint density at radius 1 is 1.23 bits per heavy atom. The zero-order valence-corrected chi connectivity index (χ0v) is 13.7. The summed E-state index contributed by atoms with van der Waals surface area (Å²) < 4.78 is 5.03. The van der Waals surface area contributed by atoms with E-state index in [1.165, 1.54) is 16.7 Å². The minimum absolute atomic E-state index is 0.116. The number of esters is 1. The first-order chi connectivity index (χ1) is 10.5. The van der Waals surface area contributed by atoms with E-state index in [0.717, 1.165) is 11.3 Å². The van der Waals surface area contributed by atoms with Crippen molar-refractivity contribution in [3.8, 4) is 11.3 Å². The van der Waals surface area contributed by atoms with Gasteiger partial charge in [0.1, 0.15) is 0 Å². The molecule has 0 radical (unpaired) electrons. The molecular weight excluding hydrogens is 274 g/mol. The summed E-state index contributed by atoms with van der Waals surface area (Å²) in [6, 6.07) is 10.3. The average Bonchev–Trinajstić information content (AvgIpc) is 2.47. The predicted molar refractivity (Wildman–Crippen MR) is 88.8 cm³/mol. The molecule has 1 aromatic heterocycles. The van der Waals surface area contributed by atoms with E-state index >= 15 is 0 Å². The number of nitrogens with zero attached hydrogens (tertiary/aromatic N) is 1. The molecule has 0 saturated carbocycles. The van der Waals surface area contributed by atoms with Crippen molar-refractivity contribution in [3.05, 3.63) is 53.2 Å². The first-order valence-corrected chi connectivity index (χ1v) is 7.71. The van der Waals surface area contributed by atoms with Crippen LogP contribution in [0.4, 0.5) is 0 Å². The summed E-state index contributed by atoms with van der Waals surface area (Å²) in [7, 11) is 0. The van der Waals surface area contributed by atoms with Crippen molar-refractivity contribution >= 4 is 5.97 Å². The fourth-order valence-electron chi connectivity index (χ4n) is 2.70. The van der Waals surface area contributed by atoms with Gasteiger partial charge in [0.15, 0.2) is 0 Å². The van der Waals surface area contributed by atoms with Gasteiger partial charge in [-0.3, -0.25) is 9.78 Å². The van der Waals surface area contributed by atoms with E-state index in [0.29, 0.717) is 13.0 Å². The van der Waals surface area contributed by atoms with Gasteiger partial charge in [-0.25, -0.2) is 0 Å². The smallest absolute Gasteiger partial charge is 0.306 e. The number of carbonyl (C=O) groups is 1. The molecule has 2 aromatic rings. The molecule has 0 bridgehead atoms. The maximum absolute atomic E-state index is 11.7. The lowest BCUT2D eigenvalue weighted by atomic mass is 9.94. The quantitative estimate of drug-likeness (QED) is 0.767. The zero-order chi connectivity index (χ0) is 16.1. The van der Waals surface area contributed by atoms with Crippen LogP contribution in [-0.4, -0.2) is 17.6 Å². The fraction of sp³-hybridized carbons (Fsp3) is 0.368. The van der Waals surface area contributed by atoms with Crippen molar-refractivity contribution in [2.24, 2.45) is 0 Å². The van der Waals surface area contributed by atoms with Crippen molar-refractivity contribution in [2.75, 3.05) is 6.61 Å². The highest BCUT2D eigenvalue weighted by Crippen LogP contribution is 2.28. The summed E-state index contributed by atoms with van der Waals surface area (Å²) in [5.74, 6) is -0.0365. The van der Waals surface area contributed by atoms with Gasteiger partial charge in [0, 0.05) is 11.8 Å². The van der Waals surface area contributed by atoms with Gasteiger partial charge in [0.25, 0.3) is 0 Å². The molecular formula is C19H23NO2. The average molecular weight is 297 g/mol. The lowest BCUT2D eigenvalue weighted by Gasteiger charge is -2.14. The third-order valence-electron chi connectivity index (χ3n) is 3.87. The second-order valence-corrected chi connectivity index (χ2v) is 5.65. The number of aromatic nitrogens is 1. The molecule has 116 valence electrons. The number of carbonyl (C=O) groups excluding carboxylic acids is 1. The number of hydrogen-bond acceptors (Lipinski definition) is 3. The van der Waals surface area contributed by atoms with Gasteiger partial charge in [-0.2, -0.15) is 0 Å². The molecule has 1 heterocycles. The Balaban J connectivity index is 2.29. The zero-order valence-electron chi connectivity index (χ0n) is 13.7. The number of benzene rings is 1. The van der Waals surface area contributed by atoms with Crippen LogP contribution in [-0.2, 0) is 9.53 Å². The summed E-state index contributed by atoms with van der Waals surface area (Å²) in [5.41, 5.74) is 5.67. The topological polar surface area (TPSA) is 39.2 Å². The van der Waals surface area contributed by atoms with Crippen LogP contribution in [0.25, 0.3) is 11.3 Å². The van der Waals surface area contributed by atoms with Crippen LogP contribution in [0.15, 0.2) is 36.5 Å². The van der Waals surface area contributed by atoms with E-state index in [4.69, 9.17) is 4.74 Å². The maximum atomic E-state index is 11.7. The highest BCUT2D eigenvalue weighted by Gasteiger charge is 2.14. The Bertz CT molecular complexity index is 644. The van der Waals surface area contributed by atoms with Gasteiger partial charge in [0.2, 0.25) is 0 Å². The van der Waals surface area contributed by atoms with Gasteiger partial charge >= 0.3 is 5.97 Å². The molecule has 1 atom stereocenters. The number of aryl methyl sites for hydroxylation is 2. The van der Waals surface area contributed by atoms with E-state index in [2.05, 4.69) is 43.1 Å². The van der Waals surface area contributed by atoms with Gasteiger partial charge in [-0.1, -0.05) is 25.1 Å². The molecule has 0 aliphatic heterocycles. The first-order valence-electron chi connectivity index (χ1n) is 7.71. The summed E-state index contributed by atoms with van der Waals surface area (Å²) in [5, 5.41) is 0. The molecule has 0 saturated heterocycles. The van der Waals surface area contributed by atoms with E-state index in [1.807, 2.05) is 26.1 Å². The van der Waals surface area contributed by atoms with Crippen molar-refractivity contribution in [2.45, 2.75) is 40.0 Å². The minimum Gasteiger partial charge on any atom is -0.466 e. The lowest BCUT2D eigenvalue weighted by molar-refractivity contribution is -0.143. The molecule has 0 spiro atoms. The van der Waals surface area contributed by atoms with Crippen LogP contribution in [0.2, 0.25) is 0 Å². The lowest BCUT2D eigenvalue weighted by Crippen LogP contribution is -2.08. The number of hydrogen-bond donors (Lipinski definition) is 0. The standard InChI is InChI=1S/C19H23NO2/c1-5-22-18(21)11-15(4)16-9-10-20-17(12-16)19-13(2)7-6-8-14(19)3/h6-10,12,15H,5,11H2,1-4H3/t15-/m1/s1. The Kier molecular flexibility index (Phi) is 5.31. The van der Waals surface area contributed by atoms with Crippen LogP contribution < -0.4 is 0 Å². The van der Waals surface area contributed by atoms with Crippen LogP contribution in [0.5, 0.6) is 0 Å². The van der Waals surface area contributed by atoms with Crippen LogP contribution in [0.1, 0.15) is 42.9 Å². The molecule has 0 aliphatic carbocycles. The molecule has 22 heavy (non-hydrogen) atoms. The van der Waals surface area contributed by atoms with Crippen molar-refractivity contribution in [1.29, 1.82) is 0 Å². The summed E-state index contributed by atoms with van der Waals surface area (Å²) in [6.07, 6.45) is 2.21. The van der Waals surface area contributed by atoms with Crippen molar-refractivity contribution < 1.29 is 9.53 Å². The van der Waals surface area contributed by atoms with Gasteiger partial charge in [-0.15, -0.1) is 0 Å². The summed E-state index contributed by atoms with van der Waals surface area (Å²) in [4.78, 5) is 16.2. The highest BCUT2D eigenvalue weighted by atomic mass is 16.5. The van der Waals surface area contributed by atoms with Gasteiger partial charge < -0.3 is 4.74 Å². The van der Waals surface area contributed by atoms with E-state index in [1.54, 1.807) is 0 Å². The Morgan fingerprint density at radius 3 is 2.55 bits per heavy atom. The van der Waals surface area contributed by atoms with E-state index < -0.39 is 0 Å². The predicted octanol–water partition coefficient (Wildman–Crippen LogP) is 4.42. The largest absolute Gasteiger partial charge is 0.466 e. The molecule has 0 amide bonds. The maximum Gasteiger partial charge on any atom is 0.306 e. The molecule has 2 rings (SSSR count). The molecule has 1 aromatic carbocycles. The summed E-state index contributed by atoms with van der Waals surface area (Å²) in [6.45, 7) is 8.49. The molecule has 3 heteroatoms. The monoisotopic (exact) mass is 297 g/mol. The Hall–Kier alpha value is -2.16. The number of rotatable bonds is 5. The number of ether oxygens (including phenoxy) is 1. The van der Waals surface area contributed by atoms with E-state index in [-0.39, 0.29) is 11.9 Å². The second-order valence-electron chi connectivity index (χ2n) is 5.65. The van der Waals surface area contributed by atoms with Crippen molar-refractivity contribution in [3.63, 3.8) is 0 Å². The molecule has 0 unspecified atom stereocenters. The molecule has 0 N–H and O–H groups in total. The Morgan fingerprint density at radius 2 is 1.91 bits per heavy atom. The minimum atomic E-state index is -0.152. The first kappa shape index (κ1) is 16.2. The third-order valence-corrected chi connectivity index (χ3v) is 3.87. The molecule has 0 fully saturated rings. The third kappa shape index (κ3) is 3.73.